The molecular weight excluding hydrogens is 308 g/mol. The van der Waals surface area contributed by atoms with Crippen molar-refractivity contribution in [1.82, 2.24) is 14.9 Å². The van der Waals surface area contributed by atoms with E-state index in [-0.39, 0.29) is 18.6 Å². The quantitative estimate of drug-likeness (QED) is 0.838. The molecule has 126 valence electrons. The van der Waals surface area contributed by atoms with E-state index in [0.29, 0.717) is 37.1 Å². The number of ether oxygens (including phenoxy) is 1. The molecule has 2 N–H and O–H groups in total. The minimum atomic E-state index is -0.378. The highest BCUT2D eigenvalue weighted by atomic mass is 16.5. The van der Waals surface area contributed by atoms with Crippen molar-refractivity contribution in [3.63, 3.8) is 0 Å². The molecular formula is C17H20N4O3. The summed E-state index contributed by atoms with van der Waals surface area (Å²) in [5.41, 5.74) is 0. The Kier molecular flexibility index (Phi) is 5.22. The first-order chi connectivity index (χ1) is 11.8. The number of benzene rings is 1. The van der Waals surface area contributed by atoms with Crippen molar-refractivity contribution in [2.24, 2.45) is 0 Å². The Morgan fingerprint density at radius 1 is 1.29 bits per heavy atom. The molecule has 0 saturated carbocycles. The summed E-state index contributed by atoms with van der Waals surface area (Å²) in [5.74, 6) is 1.42. The molecule has 2 aromatic rings. The lowest BCUT2D eigenvalue weighted by atomic mass is 10.1. The Morgan fingerprint density at radius 2 is 2.12 bits per heavy atom. The van der Waals surface area contributed by atoms with Gasteiger partial charge in [0.05, 0.1) is 6.61 Å². The number of likely N-dealkylation sites (tertiary alicyclic amines) is 1. The van der Waals surface area contributed by atoms with Gasteiger partial charge in [-0.05, 0) is 25.0 Å². The van der Waals surface area contributed by atoms with Crippen molar-refractivity contribution >= 4 is 11.9 Å². The fraction of sp³-hybridized carbons (Fsp3) is 0.353. The van der Waals surface area contributed by atoms with Crippen LogP contribution in [0.2, 0.25) is 0 Å². The molecule has 7 nitrogen and oxygen atoms in total. The van der Waals surface area contributed by atoms with E-state index >= 15 is 0 Å². The molecule has 2 heterocycles. The number of hydrogen-bond donors (Lipinski definition) is 2. The minimum absolute atomic E-state index is 0.0324. The van der Waals surface area contributed by atoms with Crippen molar-refractivity contribution in [3.8, 4) is 11.6 Å². The largest absolute Gasteiger partial charge is 0.439 e. The van der Waals surface area contributed by atoms with Crippen LogP contribution in [0.25, 0.3) is 0 Å². The Bertz CT molecular complexity index is 679. The Labute approximate surface area is 140 Å². The van der Waals surface area contributed by atoms with Gasteiger partial charge in [-0.25, -0.2) is 4.98 Å². The highest BCUT2D eigenvalue weighted by Crippen LogP contribution is 2.20. The van der Waals surface area contributed by atoms with Crippen molar-refractivity contribution in [1.29, 1.82) is 0 Å². The zero-order valence-corrected chi connectivity index (χ0v) is 13.3. The molecule has 1 amide bonds. The standard InChI is InChI=1S/C17H20N4O3/c22-12-11-21-10-4-7-14(16(21)23)19-17-18-9-8-15(20-17)24-13-5-2-1-3-6-13/h1-3,5-6,8-9,14,22H,4,7,10-12H2,(H,18,19,20). The fourth-order valence-electron chi connectivity index (χ4n) is 2.65. The number of aliphatic hydroxyl groups is 1. The van der Waals surface area contributed by atoms with Crippen LogP contribution in [0.3, 0.4) is 0 Å². The summed E-state index contributed by atoms with van der Waals surface area (Å²) in [6.45, 7) is 1.000. The molecule has 1 aliphatic heterocycles. The van der Waals surface area contributed by atoms with Crippen molar-refractivity contribution in [2.45, 2.75) is 18.9 Å². The first-order valence-electron chi connectivity index (χ1n) is 7.98. The van der Waals surface area contributed by atoms with Crippen LogP contribution in [0.15, 0.2) is 42.6 Å². The van der Waals surface area contributed by atoms with Crippen LogP contribution in [0.5, 0.6) is 11.6 Å². The van der Waals surface area contributed by atoms with E-state index in [9.17, 15) is 4.79 Å². The number of aromatic nitrogens is 2. The first kappa shape index (κ1) is 16.2. The van der Waals surface area contributed by atoms with Gasteiger partial charge < -0.3 is 20.1 Å². The van der Waals surface area contributed by atoms with Crippen LogP contribution in [0, 0.1) is 0 Å². The highest BCUT2D eigenvalue weighted by Gasteiger charge is 2.28. The molecule has 0 radical (unpaired) electrons. The van der Waals surface area contributed by atoms with Gasteiger partial charge in [0.1, 0.15) is 11.8 Å². The van der Waals surface area contributed by atoms with Gasteiger partial charge in [-0.1, -0.05) is 18.2 Å². The van der Waals surface area contributed by atoms with E-state index in [1.54, 1.807) is 17.2 Å². The number of nitrogens with one attached hydrogen (secondary N) is 1. The van der Waals surface area contributed by atoms with E-state index in [0.717, 1.165) is 6.42 Å². The third-order valence-corrected chi connectivity index (χ3v) is 3.80. The molecule has 1 aromatic carbocycles. The second-order valence-electron chi connectivity index (χ2n) is 5.52. The predicted molar refractivity (Wildman–Crippen MR) is 88.9 cm³/mol. The number of anilines is 1. The van der Waals surface area contributed by atoms with Crippen LogP contribution >= 0.6 is 0 Å². The van der Waals surface area contributed by atoms with Crippen LogP contribution in [-0.2, 0) is 4.79 Å². The summed E-state index contributed by atoms with van der Waals surface area (Å²) in [5, 5.41) is 12.1. The molecule has 0 spiro atoms. The number of rotatable bonds is 6. The molecule has 0 bridgehead atoms. The molecule has 1 atom stereocenters. The molecule has 1 unspecified atom stereocenters. The van der Waals surface area contributed by atoms with E-state index in [4.69, 9.17) is 9.84 Å². The molecule has 1 aromatic heterocycles. The number of para-hydroxylation sites is 1. The minimum Gasteiger partial charge on any atom is -0.439 e. The Hall–Kier alpha value is -2.67. The maximum Gasteiger partial charge on any atom is 0.245 e. The van der Waals surface area contributed by atoms with Crippen LogP contribution in [-0.4, -0.2) is 51.6 Å². The second kappa shape index (κ2) is 7.74. The van der Waals surface area contributed by atoms with E-state index in [1.807, 2.05) is 30.3 Å². The third kappa shape index (κ3) is 3.99. The van der Waals surface area contributed by atoms with Crippen LogP contribution < -0.4 is 10.1 Å². The average molecular weight is 328 g/mol. The molecule has 7 heteroatoms. The molecule has 1 aliphatic rings. The number of aliphatic hydroxyl groups excluding tert-OH is 1. The van der Waals surface area contributed by atoms with Crippen molar-refractivity contribution in [3.05, 3.63) is 42.6 Å². The molecule has 1 saturated heterocycles. The number of β-amino-alcohol motifs (C(OH)–C–C–N with tert-alkyl or cyclic N) is 1. The van der Waals surface area contributed by atoms with Crippen molar-refractivity contribution < 1.29 is 14.6 Å². The second-order valence-corrected chi connectivity index (χ2v) is 5.52. The van der Waals surface area contributed by atoms with Gasteiger partial charge in [0.15, 0.2) is 0 Å². The van der Waals surface area contributed by atoms with Gasteiger partial charge in [-0.15, -0.1) is 0 Å². The number of amides is 1. The van der Waals surface area contributed by atoms with Gasteiger partial charge in [0, 0.05) is 25.4 Å². The summed E-state index contributed by atoms with van der Waals surface area (Å²) in [7, 11) is 0. The SMILES string of the molecule is O=C1C(Nc2nccc(Oc3ccccc3)n2)CCCN1CCO. The van der Waals surface area contributed by atoms with Gasteiger partial charge in [0.25, 0.3) is 0 Å². The number of hydrogen-bond acceptors (Lipinski definition) is 6. The topological polar surface area (TPSA) is 87.6 Å². The van der Waals surface area contributed by atoms with Crippen molar-refractivity contribution in [2.75, 3.05) is 25.0 Å². The smallest absolute Gasteiger partial charge is 0.245 e. The van der Waals surface area contributed by atoms with Crippen LogP contribution in [0.4, 0.5) is 5.95 Å². The lowest BCUT2D eigenvalue weighted by Gasteiger charge is -2.32. The maximum atomic E-state index is 12.4. The van der Waals surface area contributed by atoms with Gasteiger partial charge in [-0.2, -0.15) is 4.98 Å². The first-order valence-corrected chi connectivity index (χ1v) is 7.98. The molecule has 1 fully saturated rings. The summed E-state index contributed by atoms with van der Waals surface area (Å²) in [6, 6.07) is 10.6. The van der Waals surface area contributed by atoms with E-state index in [1.165, 1.54) is 0 Å². The summed E-state index contributed by atoms with van der Waals surface area (Å²) < 4.78 is 5.68. The summed E-state index contributed by atoms with van der Waals surface area (Å²) in [6.07, 6.45) is 3.18. The summed E-state index contributed by atoms with van der Waals surface area (Å²) >= 11 is 0. The third-order valence-electron chi connectivity index (χ3n) is 3.80. The van der Waals surface area contributed by atoms with Crippen LogP contribution in [0.1, 0.15) is 12.8 Å². The highest BCUT2D eigenvalue weighted by molar-refractivity contribution is 5.85. The number of nitrogens with zero attached hydrogens (tertiary/aromatic N) is 3. The van der Waals surface area contributed by atoms with E-state index < -0.39 is 0 Å². The lowest BCUT2D eigenvalue weighted by Crippen LogP contribution is -2.48. The number of piperidine rings is 1. The normalized spacial score (nSPS) is 17.6. The summed E-state index contributed by atoms with van der Waals surface area (Å²) in [4.78, 5) is 22.5. The zero-order chi connectivity index (χ0) is 16.8. The number of carbonyl (C=O) groups is 1. The van der Waals surface area contributed by atoms with Gasteiger partial charge in [0.2, 0.25) is 17.7 Å². The lowest BCUT2D eigenvalue weighted by molar-refractivity contribution is -0.134. The Balaban J connectivity index is 1.67. The van der Waals surface area contributed by atoms with E-state index in [2.05, 4.69) is 15.3 Å². The zero-order valence-electron chi connectivity index (χ0n) is 13.3. The maximum absolute atomic E-state index is 12.4. The Morgan fingerprint density at radius 3 is 2.92 bits per heavy atom. The molecule has 0 aliphatic carbocycles. The average Bonchev–Trinajstić information content (AvgIpc) is 2.60. The molecule has 3 rings (SSSR count). The van der Waals surface area contributed by atoms with Gasteiger partial charge >= 0.3 is 0 Å². The fourth-order valence-corrected chi connectivity index (χ4v) is 2.65. The van der Waals surface area contributed by atoms with Gasteiger partial charge in [-0.3, -0.25) is 4.79 Å². The number of carbonyl (C=O) groups excluding carboxylic acids is 1. The monoisotopic (exact) mass is 328 g/mol. The predicted octanol–water partition coefficient (Wildman–Crippen LogP) is 1.66. The molecule has 24 heavy (non-hydrogen) atoms.